The molecule has 6 heteroatoms. The maximum atomic E-state index is 12.2. The van der Waals surface area contributed by atoms with Gasteiger partial charge in [0.05, 0.1) is 13.2 Å². The number of benzene rings is 1. The number of nitrogens with zero attached hydrogens (tertiary/aromatic N) is 1. The molecule has 0 atom stereocenters. The molecule has 21 heavy (non-hydrogen) atoms. The Morgan fingerprint density at radius 3 is 2.86 bits per heavy atom. The Hall–Kier alpha value is -1.92. The third-order valence-corrected chi connectivity index (χ3v) is 3.77. The molecule has 0 saturated heterocycles. The van der Waals surface area contributed by atoms with Gasteiger partial charge in [-0.2, -0.15) is 0 Å². The fraction of sp³-hybridized carbons (Fsp3) is 0.333. The number of aromatic amines is 1. The number of aliphatic hydroxyl groups is 1. The third kappa shape index (κ3) is 3.59. The highest BCUT2D eigenvalue weighted by Crippen LogP contribution is 2.14. The maximum absolute atomic E-state index is 12.2. The molecular formula is C15H19N3O2S. The lowest BCUT2D eigenvalue weighted by molar-refractivity contribution is 0.245. The third-order valence-electron chi connectivity index (χ3n) is 3.31. The van der Waals surface area contributed by atoms with Crippen molar-refractivity contribution < 1.29 is 5.11 Å². The second-order valence-corrected chi connectivity index (χ2v) is 5.30. The van der Waals surface area contributed by atoms with Crippen LogP contribution in [0.1, 0.15) is 11.1 Å². The van der Waals surface area contributed by atoms with E-state index < -0.39 is 0 Å². The highest BCUT2D eigenvalue weighted by molar-refractivity contribution is 7.80. The van der Waals surface area contributed by atoms with E-state index in [1.54, 1.807) is 11.9 Å². The molecule has 0 aliphatic rings. The van der Waals surface area contributed by atoms with Gasteiger partial charge in [-0.25, -0.2) is 0 Å². The summed E-state index contributed by atoms with van der Waals surface area (Å²) in [5, 5.41) is 13.5. The number of rotatable bonds is 4. The monoisotopic (exact) mass is 305 g/mol. The first-order chi connectivity index (χ1) is 10.0. The van der Waals surface area contributed by atoms with Gasteiger partial charge < -0.3 is 20.3 Å². The molecule has 1 heterocycles. The van der Waals surface area contributed by atoms with Crippen LogP contribution in [0.3, 0.4) is 0 Å². The van der Waals surface area contributed by atoms with E-state index in [0.717, 1.165) is 16.5 Å². The molecule has 1 aromatic heterocycles. The van der Waals surface area contributed by atoms with Crippen molar-refractivity contribution in [2.75, 3.05) is 20.2 Å². The molecule has 2 aromatic rings. The van der Waals surface area contributed by atoms with Gasteiger partial charge in [0.2, 0.25) is 0 Å². The molecule has 5 nitrogen and oxygen atoms in total. The number of fused-ring (bicyclic) bond motifs is 1. The van der Waals surface area contributed by atoms with Gasteiger partial charge >= 0.3 is 0 Å². The minimum atomic E-state index is -0.131. The summed E-state index contributed by atoms with van der Waals surface area (Å²) in [6, 6.07) is 7.77. The molecule has 0 aliphatic carbocycles. The Balaban J connectivity index is 2.38. The van der Waals surface area contributed by atoms with Crippen molar-refractivity contribution in [1.82, 2.24) is 15.2 Å². The molecule has 0 radical (unpaired) electrons. The molecule has 112 valence electrons. The predicted molar refractivity (Wildman–Crippen MR) is 88.5 cm³/mol. The van der Waals surface area contributed by atoms with E-state index in [4.69, 9.17) is 17.3 Å². The van der Waals surface area contributed by atoms with E-state index in [1.165, 1.54) is 0 Å². The first-order valence-corrected chi connectivity index (χ1v) is 7.16. The molecule has 0 amide bonds. The first-order valence-electron chi connectivity index (χ1n) is 6.75. The fourth-order valence-corrected chi connectivity index (χ4v) is 2.38. The van der Waals surface area contributed by atoms with E-state index in [0.29, 0.717) is 23.8 Å². The SMILES string of the molecule is CNC(=S)N(CCO)Cc1cc2cc(C)ccc2[nH]c1=O. The Morgan fingerprint density at radius 1 is 1.43 bits per heavy atom. The van der Waals surface area contributed by atoms with E-state index in [-0.39, 0.29) is 12.2 Å². The molecule has 0 unspecified atom stereocenters. The Bertz CT molecular complexity index is 712. The summed E-state index contributed by atoms with van der Waals surface area (Å²) in [5.41, 5.74) is 2.45. The van der Waals surface area contributed by atoms with Crippen LogP contribution in [-0.2, 0) is 6.54 Å². The maximum Gasteiger partial charge on any atom is 0.253 e. The number of hydrogen-bond acceptors (Lipinski definition) is 3. The van der Waals surface area contributed by atoms with Crippen LogP contribution in [0.25, 0.3) is 10.9 Å². The molecule has 0 fully saturated rings. The zero-order valence-corrected chi connectivity index (χ0v) is 13.0. The fourth-order valence-electron chi connectivity index (χ4n) is 2.23. The van der Waals surface area contributed by atoms with Crippen LogP contribution in [0.15, 0.2) is 29.1 Å². The molecular weight excluding hydrogens is 286 g/mol. The topological polar surface area (TPSA) is 68.4 Å². The number of nitrogens with one attached hydrogen (secondary N) is 2. The van der Waals surface area contributed by atoms with Crippen LogP contribution in [-0.4, -0.2) is 40.3 Å². The highest BCUT2D eigenvalue weighted by Gasteiger charge is 2.11. The van der Waals surface area contributed by atoms with Gasteiger partial charge in [0.1, 0.15) is 0 Å². The molecule has 0 bridgehead atoms. The normalized spacial score (nSPS) is 10.6. The Kier molecular flexibility index (Phi) is 4.93. The zero-order chi connectivity index (χ0) is 15.4. The molecule has 1 aromatic carbocycles. The summed E-state index contributed by atoms with van der Waals surface area (Å²) in [7, 11) is 1.72. The lowest BCUT2D eigenvalue weighted by Gasteiger charge is -2.23. The second kappa shape index (κ2) is 6.69. The van der Waals surface area contributed by atoms with Gasteiger partial charge in [0, 0.05) is 24.7 Å². The second-order valence-electron chi connectivity index (χ2n) is 4.91. The average Bonchev–Trinajstić information content (AvgIpc) is 2.47. The Morgan fingerprint density at radius 2 is 2.19 bits per heavy atom. The number of aromatic nitrogens is 1. The van der Waals surface area contributed by atoms with Gasteiger partial charge in [-0.05, 0) is 42.7 Å². The minimum Gasteiger partial charge on any atom is -0.395 e. The summed E-state index contributed by atoms with van der Waals surface area (Å²) in [4.78, 5) is 16.8. The number of aryl methyl sites for hydroxylation is 1. The molecule has 3 N–H and O–H groups in total. The number of hydrogen-bond donors (Lipinski definition) is 3. The van der Waals surface area contributed by atoms with E-state index in [9.17, 15) is 4.79 Å². The van der Waals surface area contributed by atoms with Gasteiger partial charge in [0.25, 0.3) is 5.56 Å². The van der Waals surface area contributed by atoms with Crippen molar-refractivity contribution in [2.24, 2.45) is 0 Å². The number of aliphatic hydroxyl groups excluding tert-OH is 1. The van der Waals surface area contributed by atoms with Gasteiger partial charge in [0.15, 0.2) is 5.11 Å². The van der Waals surface area contributed by atoms with Gasteiger partial charge in [-0.15, -0.1) is 0 Å². The number of H-pyrrole nitrogens is 1. The average molecular weight is 305 g/mol. The van der Waals surface area contributed by atoms with Crippen LogP contribution in [0.5, 0.6) is 0 Å². The van der Waals surface area contributed by atoms with Crippen molar-refractivity contribution in [3.63, 3.8) is 0 Å². The summed E-state index contributed by atoms with van der Waals surface area (Å²) < 4.78 is 0. The van der Waals surface area contributed by atoms with Gasteiger partial charge in [-0.1, -0.05) is 11.6 Å². The number of pyridine rings is 1. The van der Waals surface area contributed by atoms with Crippen LogP contribution in [0.4, 0.5) is 0 Å². The summed E-state index contributed by atoms with van der Waals surface area (Å²) in [6.45, 7) is 2.73. The highest BCUT2D eigenvalue weighted by atomic mass is 32.1. The molecule has 2 rings (SSSR count). The van der Waals surface area contributed by atoms with Crippen LogP contribution in [0, 0.1) is 6.92 Å². The van der Waals surface area contributed by atoms with Crippen molar-refractivity contribution in [3.05, 3.63) is 45.7 Å². The molecule has 0 saturated carbocycles. The van der Waals surface area contributed by atoms with Crippen LogP contribution in [0.2, 0.25) is 0 Å². The predicted octanol–water partition coefficient (Wildman–Crippen LogP) is 1.14. The minimum absolute atomic E-state index is 0.0214. The summed E-state index contributed by atoms with van der Waals surface area (Å²) >= 11 is 5.19. The largest absolute Gasteiger partial charge is 0.395 e. The number of thiocarbonyl (C=S) groups is 1. The van der Waals surface area contributed by atoms with E-state index in [2.05, 4.69) is 10.3 Å². The van der Waals surface area contributed by atoms with Gasteiger partial charge in [-0.3, -0.25) is 4.79 Å². The summed E-state index contributed by atoms with van der Waals surface area (Å²) in [6.07, 6.45) is 0. The molecule has 0 spiro atoms. The Labute approximate surface area is 128 Å². The van der Waals surface area contributed by atoms with Crippen LogP contribution < -0.4 is 10.9 Å². The van der Waals surface area contributed by atoms with Crippen molar-refractivity contribution in [2.45, 2.75) is 13.5 Å². The van der Waals surface area contributed by atoms with E-state index in [1.807, 2.05) is 31.2 Å². The lowest BCUT2D eigenvalue weighted by Crippen LogP contribution is -2.40. The standard InChI is InChI=1S/C15H19N3O2S/c1-10-3-4-13-11(7-10)8-12(14(20)17-13)9-18(5-6-19)15(21)16-2/h3-4,7-8,19H,5-6,9H2,1-2H3,(H,16,21)(H,17,20). The van der Waals surface area contributed by atoms with Crippen molar-refractivity contribution >= 4 is 28.2 Å². The van der Waals surface area contributed by atoms with E-state index >= 15 is 0 Å². The summed E-state index contributed by atoms with van der Waals surface area (Å²) in [5.74, 6) is 0. The van der Waals surface area contributed by atoms with Crippen molar-refractivity contribution in [3.8, 4) is 0 Å². The first kappa shape index (κ1) is 15.5. The van der Waals surface area contributed by atoms with Crippen LogP contribution >= 0.6 is 12.2 Å². The smallest absolute Gasteiger partial charge is 0.253 e. The quantitative estimate of drug-likeness (QED) is 0.739. The van der Waals surface area contributed by atoms with Crippen molar-refractivity contribution in [1.29, 1.82) is 0 Å². The lowest BCUT2D eigenvalue weighted by atomic mass is 10.1. The molecule has 0 aliphatic heterocycles. The zero-order valence-electron chi connectivity index (χ0n) is 12.1.